The van der Waals surface area contributed by atoms with Gasteiger partial charge in [-0.3, -0.25) is 0 Å². The van der Waals surface area contributed by atoms with Crippen LogP contribution in [0.4, 0.5) is 8.78 Å². The number of benzene rings is 2. The fourth-order valence-corrected chi connectivity index (χ4v) is 3.26. The molecule has 4 rings (SSSR count). The quantitative estimate of drug-likeness (QED) is 0.185. The maximum Gasteiger partial charge on any atom is 0.0844 e. The van der Waals surface area contributed by atoms with Crippen molar-refractivity contribution in [1.29, 1.82) is 0 Å². The Labute approximate surface area is 194 Å². The van der Waals surface area contributed by atoms with Gasteiger partial charge < -0.3 is 0 Å². The van der Waals surface area contributed by atoms with E-state index in [0.717, 1.165) is 17.2 Å². The molecule has 0 saturated heterocycles. The molecule has 4 aromatic carbocycles. The van der Waals surface area contributed by atoms with E-state index in [9.17, 15) is 8.78 Å². The zero-order valence-electron chi connectivity index (χ0n) is 18.5. The van der Waals surface area contributed by atoms with Gasteiger partial charge in [0.1, 0.15) is 0 Å². The second-order valence-corrected chi connectivity index (χ2v) is 17.1. The van der Waals surface area contributed by atoms with Gasteiger partial charge in [-0.05, 0) is 6.07 Å². The molecule has 0 fully saturated rings. The number of aryl methyl sites for hydroxylation is 2. The van der Waals surface area contributed by atoms with Crippen molar-refractivity contribution in [3.63, 3.8) is 0 Å². The van der Waals surface area contributed by atoms with E-state index >= 15 is 0 Å². The molecule has 0 spiro atoms. The molecule has 0 radical (unpaired) electrons. The van der Waals surface area contributed by atoms with Crippen LogP contribution >= 0.6 is 0 Å². The third-order valence-electron chi connectivity index (χ3n) is 5.05. The van der Waals surface area contributed by atoms with Gasteiger partial charge in [-0.2, -0.15) is 28.3 Å². The van der Waals surface area contributed by atoms with Gasteiger partial charge in [0.2, 0.25) is 0 Å². The maximum atomic E-state index is 13.8. The predicted molar refractivity (Wildman–Crippen MR) is 123 cm³/mol. The summed E-state index contributed by atoms with van der Waals surface area (Å²) in [6.45, 7) is 13.3. The van der Waals surface area contributed by atoms with Gasteiger partial charge in [0.05, 0.1) is 11.6 Å². The molecule has 0 amide bonds. The molecule has 4 heteroatoms. The van der Waals surface area contributed by atoms with E-state index in [-0.39, 0.29) is 5.43 Å². The van der Waals surface area contributed by atoms with Gasteiger partial charge >= 0.3 is 41.9 Å². The first-order chi connectivity index (χ1) is 14.1. The Kier molecular flexibility index (Phi) is 9.12. The second-order valence-electron chi connectivity index (χ2n) is 7.73. The van der Waals surface area contributed by atoms with E-state index < -0.39 is 11.6 Å². The Hall–Kier alpha value is -1.64. The molecule has 0 aromatic heterocycles. The van der Waals surface area contributed by atoms with Crippen LogP contribution in [-0.4, -0.2) is 5.43 Å². The van der Waals surface area contributed by atoms with Crippen molar-refractivity contribution in [2.45, 2.75) is 40.8 Å². The number of halogens is 2. The number of fused-ring (bicyclic) bond motifs is 1. The molecule has 4 aromatic rings. The van der Waals surface area contributed by atoms with Crippen molar-refractivity contribution >= 4 is 16.2 Å². The Balaban J connectivity index is 0.000000207. The van der Waals surface area contributed by atoms with Crippen LogP contribution in [0.25, 0.3) is 21.9 Å². The minimum Gasteiger partial charge on any atom is -0.218 e. The molecule has 0 nitrogen and oxygen atoms in total. The van der Waals surface area contributed by atoms with E-state index in [1.165, 1.54) is 28.3 Å². The van der Waals surface area contributed by atoms with Gasteiger partial charge in [-0.15, -0.1) is 23.1 Å². The summed E-state index contributed by atoms with van der Waals surface area (Å²) in [5, 5.41) is 1.08. The topological polar surface area (TPSA) is 0 Å². The first kappa shape index (κ1) is 24.6. The van der Waals surface area contributed by atoms with E-state index in [4.69, 9.17) is 0 Å². The Morgan fingerprint density at radius 2 is 1.40 bits per heavy atom. The molecule has 0 bridgehead atoms. The van der Waals surface area contributed by atoms with E-state index in [1.807, 2.05) is 36.4 Å². The molecule has 0 heterocycles. The first-order valence-corrected chi connectivity index (χ1v) is 16.1. The number of rotatable bonds is 1. The Morgan fingerprint density at radius 1 is 0.867 bits per heavy atom. The van der Waals surface area contributed by atoms with E-state index in [2.05, 4.69) is 46.9 Å². The fraction of sp³-hybridized carbons (Fsp3) is 0.231. The minimum atomic E-state index is -0.541. The predicted octanol–water partition coefficient (Wildman–Crippen LogP) is 7.93. The van der Waals surface area contributed by atoms with Gasteiger partial charge in [0, 0.05) is 0 Å². The van der Waals surface area contributed by atoms with Gasteiger partial charge in [0.25, 0.3) is 0 Å². The van der Waals surface area contributed by atoms with E-state index in [0.29, 0.717) is 10.8 Å². The van der Waals surface area contributed by atoms with Crippen LogP contribution in [-0.2, 0) is 23.3 Å². The summed E-state index contributed by atoms with van der Waals surface area (Å²) in [4.78, 5) is 0. The van der Waals surface area contributed by atoms with Crippen LogP contribution in [0.1, 0.15) is 22.3 Å². The summed E-state index contributed by atoms with van der Waals surface area (Å²) in [5.74, 6) is -1.05. The molecular formula is C26H28F2SiZr. The van der Waals surface area contributed by atoms with Crippen LogP contribution in [0.15, 0.2) is 60.7 Å². The summed E-state index contributed by atoms with van der Waals surface area (Å²) in [6.07, 6.45) is 0. The smallest absolute Gasteiger partial charge is 0.0844 e. The second kappa shape index (κ2) is 11.1. The maximum absolute atomic E-state index is 13.8. The zero-order chi connectivity index (χ0) is 22.4. The van der Waals surface area contributed by atoms with Gasteiger partial charge in [-0.1, -0.05) is 75.0 Å². The molecule has 0 unspecified atom stereocenters. The molecule has 154 valence electrons. The molecular weight excluding hydrogens is 470 g/mol. The van der Waals surface area contributed by atoms with Crippen LogP contribution in [0.5, 0.6) is 0 Å². The summed E-state index contributed by atoms with van der Waals surface area (Å²) in [7, 11) is 0. The van der Waals surface area contributed by atoms with Crippen molar-refractivity contribution in [3.8, 4) is 11.1 Å². The fourth-order valence-electron chi connectivity index (χ4n) is 3.26. The van der Waals surface area contributed by atoms with Crippen molar-refractivity contribution < 1.29 is 32.1 Å². The summed E-state index contributed by atoms with van der Waals surface area (Å²) >= 11 is 1.74. The minimum absolute atomic E-state index is 0.210. The van der Waals surface area contributed by atoms with Crippen molar-refractivity contribution in [2.24, 2.45) is 0 Å². The molecule has 0 N–H and O–H groups in total. The molecule has 0 saturated carbocycles. The van der Waals surface area contributed by atoms with Crippen molar-refractivity contribution in [1.82, 2.24) is 0 Å². The summed E-state index contributed by atoms with van der Waals surface area (Å²) < 4.78 is 26.9. The van der Waals surface area contributed by atoms with Crippen molar-refractivity contribution in [2.75, 3.05) is 0 Å². The normalized spacial score (nSPS) is 10.2. The van der Waals surface area contributed by atoms with Crippen LogP contribution in [0.2, 0.25) is 13.1 Å². The molecule has 30 heavy (non-hydrogen) atoms. The monoisotopic (exact) mass is 496 g/mol. The van der Waals surface area contributed by atoms with Crippen LogP contribution in [0, 0.1) is 39.3 Å². The summed E-state index contributed by atoms with van der Waals surface area (Å²) in [6, 6.07) is 17.6. The van der Waals surface area contributed by atoms with Crippen LogP contribution < -0.4 is 0 Å². The zero-order valence-corrected chi connectivity index (χ0v) is 22.0. The van der Waals surface area contributed by atoms with E-state index in [1.54, 1.807) is 29.4 Å². The largest absolute Gasteiger partial charge is 0.218 e. The Bertz CT molecular complexity index is 1110. The summed E-state index contributed by atoms with van der Waals surface area (Å²) in [5.41, 5.74) is 7.70. The molecule has 0 aliphatic carbocycles. The first-order valence-electron chi connectivity index (χ1n) is 9.93. The van der Waals surface area contributed by atoms with Crippen molar-refractivity contribution in [3.05, 3.63) is 94.6 Å². The Morgan fingerprint density at radius 3 is 1.87 bits per heavy atom. The standard InChI is InChI=1S/C15H9F2.C9H13.C2H6Si.Zr/c16-12-8-11-6-7-13(15(11)14(17)9-12)10-4-2-1-3-5-10;1-6-5-7(2)9(4)8(6)3;1-3-2;/h1-9H;5H,1-4H3;1-2H3;/q2*-1;;+2. The molecule has 0 aliphatic rings. The third kappa shape index (κ3) is 6.43. The number of hydrogen-bond donors (Lipinski definition) is 0. The molecule has 0 aliphatic heterocycles. The SMILES string of the molecule is C[Si](C)=[Zr+2].Cc1[cH-]c(C)c(C)c1C.Fc1cc(F)c2c(-c3ccccc3)c[cH-]c2c1. The third-order valence-corrected chi connectivity index (χ3v) is 5.05. The molecule has 0 atom stereocenters. The average Bonchev–Trinajstić information content (AvgIpc) is 3.20. The van der Waals surface area contributed by atoms with Gasteiger partial charge in [0.15, 0.2) is 0 Å². The average molecular weight is 498 g/mol. The number of hydrogen-bond acceptors (Lipinski definition) is 0. The van der Waals surface area contributed by atoms with Gasteiger partial charge in [-0.25, -0.2) is 8.78 Å². The van der Waals surface area contributed by atoms with Crippen LogP contribution in [0.3, 0.4) is 0 Å².